The lowest BCUT2D eigenvalue weighted by molar-refractivity contribution is 0.185. The summed E-state index contributed by atoms with van der Waals surface area (Å²) in [6.07, 6.45) is 0.821. The third kappa shape index (κ3) is 5.23. The van der Waals surface area contributed by atoms with E-state index in [4.69, 9.17) is 31.2 Å². The standard InChI is InChI=1S/C26H27BrN2O4S/c1-30-22-9-4-5-10-23(22)33-16-21-20-15-25(32-3)24(31-2)13-17(20)11-12-29(21)26(34)28-19-8-6-7-18(27)14-19/h4-10,13-15,21H,11-12,16H2,1-3H3,(H,28,34)/t21-/m0/s1. The van der Waals surface area contributed by atoms with Crippen LogP contribution in [-0.4, -0.2) is 44.5 Å². The molecule has 0 saturated carbocycles. The fraction of sp³-hybridized carbons (Fsp3) is 0.269. The number of fused-ring (bicyclic) bond motifs is 1. The van der Waals surface area contributed by atoms with Crippen LogP contribution in [0.3, 0.4) is 0 Å². The molecule has 0 amide bonds. The van der Waals surface area contributed by atoms with Gasteiger partial charge < -0.3 is 29.2 Å². The maximum Gasteiger partial charge on any atom is 0.174 e. The molecule has 8 heteroatoms. The molecule has 0 aromatic heterocycles. The summed E-state index contributed by atoms with van der Waals surface area (Å²) in [5.74, 6) is 2.76. The van der Waals surface area contributed by atoms with Gasteiger partial charge in [0, 0.05) is 16.7 Å². The van der Waals surface area contributed by atoms with E-state index in [1.165, 1.54) is 5.56 Å². The van der Waals surface area contributed by atoms with Gasteiger partial charge in [-0.05, 0) is 72.2 Å². The molecule has 0 bridgehead atoms. The first kappa shape index (κ1) is 24.2. The Morgan fingerprint density at radius 3 is 2.35 bits per heavy atom. The Bertz CT molecular complexity index is 1170. The number of rotatable bonds is 7. The van der Waals surface area contributed by atoms with Crippen molar-refractivity contribution in [3.05, 3.63) is 76.3 Å². The fourth-order valence-corrected chi connectivity index (χ4v) is 4.85. The van der Waals surface area contributed by atoms with E-state index in [1.807, 2.05) is 60.7 Å². The van der Waals surface area contributed by atoms with Crippen molar-refractivity contribution in [2.24, 2.45) is 0 Å². The van der Waals surface area contributed by atoms with Gasteiger partial charge in [0.05, 0.1) is 27.4 Å². The zero-order valence-electron chi connectivity index (χ0n) is 19.3. The van der Waals surface area contributed by atoms with E-state index < -0.39 is 0 Å². The molecule has 4 rings (SSSR count). The summed E-state index contributed by atoms with van der Waals surface area (Å²) in [7, 11) is 4.93. The summed E-state index contributed by atoms with van der Waals surface area (Å²) in [5, 5.41) is 4.01. The predicted octanol–water partition coefficient (Wildman–Crippen LogP) is 5.85. The van der Waals surface area contributed by atoms with Crippen LogP contribution in [0.5, 0.6) is 23.0 Å². The monoisotopic (exact) mass is 542 g/mol. The number of halogens is 1. The van der Waals surface area contributed by atoms with Crippen LogP contribution < -0.4 is 24.3 Å². The van der Waals surface area contributed by atoms with E-state index >= 15 is 0 Å². The summed E-state index contributed by atoms with van der Waals surface area (Å²) < 4.78 is 23.9. The van der Waals surface area contributed by atoms with Crippen LogP contribution in [-0.2, 0) is 6.42 Å². The molecule has 0 unspecified atom stereocenters. The molecule has 3 aromatic carbocycles. The average Bonchev–Trinajstić information content (AvgIpc) is 2.86. The lowest BCUT2D eigenvalue weighted by atomic mass is 9.92. The van der Waals surface area contributed by atoms with Crippen LogP contribution in [0.4, 0.5) is 5.69 Å². The van der Waals surface area contributed by atoms with E-state index in [-0.39, 0.29) is 6.04 Å². The van der Waals surface area contributed by atoms with Crippen molar-refractivity contribution in [3.63, 3.8) is 0 Å². The SMILES string of the molecule is COc1cc2c(cc1OC)[C@H](COc1ccccc1OC)N(C(=S)Nc1cccc(Br)c1)CC2. The lowest BCUT2D eigenvalue weighted by Crippen LogP contribution is -2.44. The van der Waals surface area contributed by atoms with Crippen molar-refractivity contribution in [1.82, 2.24) is 4.90 Å². The van der Waals surface area contributed by atoms with Crippen LogP contribution in [0, 0.1) is 0 Å². The molecule has 34 heavy (non-hydrogen) atoms. The molecule has 6 nitrogen and oxygen atoms in total. The molecule has 1 aliphatic heterocycles. The number of benzene rings is 3. The molecule has 0 radical (unpaired) electrons. The second-order valence-corrected chi connectivity index (χ2v) is 9.07. The minimum atomic E-state index is -0.138. The van der Waals surface area contributed by atoms with Crippen LogP contribution in [0.2, 0.25) is 0 Å². The quantitative estimate of drug-likeness (QED) is 0.375. The Morgan fingerprint density at radius 2 is 1.65 bits per heavy atom. The highest BCUT2D eigenvalue weighted by atomic mass is 79.9. The maximum atomic E-state index is 6.27. The van der Waals surface area contributed by atoms with Crippen molar-refractivity contribution < 1.29 is 18.9 Å². The van der Waals surface area contributed by atoms with Gasteiger partial charge in [-0.2, -0.15) is 0 Å². The summed E-state index contributed by atoms with van der Waals surface area (Å²) >= 11 is 9.38. The van der Waals surface area contributed by atoms with Crippen LogP contribution in [0.1, 0.15) is 17.2 Å². The number of nitrogens with one attached hydrogen (secondary N) is 1. The normalized spacial score (nSPS) is 14.7. The Balaban J connectivity index is 1.66. The lowest BCUT2D eigenvalue weighted by Gasteiger charge is -2.39. The predicted molar refractivity (Wildman–Crippen MR) is 142 cm³/mol. The largest absolute Gasteiger partial charge is 0.493 e. The van der Waals surface area contributed by atoms with Gasteiger partial charge in [0.25, 0.3) is 0 Å². The second kappa shape index (κ2) is 11.0. The minimum Gasteiger partial charge on any atom is -0.493 e. The molecule has 0 saturated heterocycles. The average molecular weight is 543 g/mol. The van der Waals surface area contributed by atoms with Crippen LogP contribution >= 0.6 is 28.1 Å². The van der Waals surface area contributed by atoms with Gasteiger partial charge in [0.2, 0.25) is 0 Å². The molecule has 1 heterocycles. The van der Waals surface area contributed by atoms with E-state index in [0.717, 1.165) is 28.7 Å². The van der Waals surface area contributed by atoms with E-state index in [1.54, 1.807) is 21.3 Å². The van der Waals surface area contributed by atoms with Gasteiger partial charge in [-0.15, -0.1) is 0 Å². The first-order valence-electron chi connectivity index (χ1n) is 10.9. The highest BCUT2D eigenvalue weighted by Crippen LogP contribution is 2.39. The smallest absolute Gasteiger partial charge is 0.174 e. The van der Waals surface area contributed by atoms with Crippen molar-refractivity contribution in [2.75, 3.05) is 39.8 Å². The fourth-order valence-electron chi connectivity index (χ4n) is 4.12. The van der Waals surface area contributed by atoms with Crippen LogP contribution in [0.15, 0.2) is 65.1 Å². The van der Waals surface area contributed by atoms with Gasteiger partial charge in [-0.1, -0.05) is 34.1 Å². The molecule has 178 valence electrons. The number of methoxy groups -OCH3 is 3. The Hall–Kier alpha value is -2.97. The van der Waals surface area contributed by atoms with E-state index in [0.29, 0.717) is 34.7 Å². The molecule has 3 aromatic rings. The zero-order chi connectivity index (χ0) is 24.1. The Morgan fingerprint density at radius 1 is 0.941 bits per heavy atom. The summed E-state index contributed by atoms with van der Waals surface area (Å²) in [6, 6.07) is 19.5. The Labute approximate surface area is 213 Å². The molecule has 1 N–H and O–H groups in total. The topological polar surface area (TPSA) is 52.2 Å². The number of nitrogens with zero attached hydrogens (tertiary/aromatic N) is 1. The number of thiocarbonyl (C=S) groups is 1. The van der Waals surface area contributed by atoms with Gasteiger partial charge >= 0.3 is 0 Å². The number of hydrogen-bond acceptors (Lipinski definition) is 5. The first-order valence-corrected chi connectivity index (χ1v) is 12.1. The van der Waals surface area contributed by atoms with E-state index in [2.05, 4.69) is 26.1 Å². The minimum absolute atomic E-state index is 0.138. The molecule has 1 aliphatic rings. The molecule has 0 aliphatic carbocycles. The third-order valence-corrected chi connectivity index (χ3v) is 6.64. The number of ether oxygens (including phenoxy) is 4. The van der Waals surface area contributed by atoms with Gasteiger partial charge in [0.15, 0.2) is 28.1 Å². The van der Waals surface area contributed by atoms with Crippen molar-refractivity contribution in [3.8, 4) is 23.0 Å². The second-order valence-electron chi connectivity index (χ2n) is 7.77. The van der Waals surface area contributed by atoms with Gasteiger partial charge in [0.1, 0.15) is 6.61 Å². The number of hydrogen-bond donors (Lipinski definition) is 1. The molecule has 0 fully saturated rings. The van der Waals surface area contributed by atoms with Crippen molar-refractivity contribution in [1.29, 1.82) is 0 Å². The van der Waals surface area contributed by atoms with Crippen molar-refractivity contribution >= 4 is 38.9 Å². The highest BCUT2D eigenvalue weighted by molar-refractivity contribution is 9.10. The maximum absolute atomic E-state index is 6.27. The number of para-hydroxylation sites is 2. The van der Waals surface area contributed by atoms with Crippen LogP contribution in [0.25, 0.3) is 0 Å². The van der Waals surface area contributed by atoms with Gasteiger partial charge in [-0.3, -0.25) is 0 Å². The summed E-state index contributed by atoms with van der Waals surface area (Å²) in [6.45, 7) is 1.12. The van der Waals surface area contributed by atoms with E-state index in [9.17, 15) is 0 Å². The summed E-state index contributed by atoms with van der Waals surface area (Å²) in [4.78, 5) is 2.17. The number of anilines is 1. The molecule has 1 atom stereocenters. The zero-order valence-corrected chi connectivity index (χ0v) is 21.7. The molecular weight excluding hydrogens is 516 g/mol. The summed E-state index contributed by atoms with van der Waals surface area (Å²) in [5.41, 5.74) is 3.20. The van der Waals surface area contributed by atoms with Crippen molar-refractivity contribution in [2.45, 2.75) is 12.5 Å². The Kier molecular flexibility index (Phi) is 7.80. The first-order chi connectivity index (χ1) is 16.5. The highest BCUT2D eigenvalue weighted by Gasteiger charge is 2.31. The molecule has 0 spiro atoms. The third-order valence-electron chi connectivity index (χ3n) is 5.81. The van der Waals surface area contributed by atoms with Gasteiger partial charge in [-0.25, -0.2) is 0 Å². The molecular formula is C26H27BrN2O4S.